The number of fused-ring (bicyclic) bond motifs is 1. The van der Waals surface area contributed by atoms with Crippen LogP contribution in [0.15, 0.2) is 18.2 Å². The van der Waals surface area contributed by atoms with Crippen molar-refractivity contribution >= 4 is 34.4 Å². The first-order valence-corrected chi connectivity index (χ1v) is 6.98. The van der Waals surface area contributed by atoms with Gasteiger partial charge in [-0.05, 0) is 12.1 Å². The first kappa shape index (κ1) is 12.5. The second-order valence-electron chi connectivity index (χ2n) is 4.52. The van der Waals surface area contributed by atoms with Crippen molar-refractivity contribution in [2.24, 2.45) is 0 Å². The van der Waals surface area contributed by atoms with E-state index in [0.29, 0.717) is 6.54 Å². The van der Waals surface area contributed by atoms with E-state index in [1.807, 2.05) is 18.2 Å². The van der Waals surface area contributed by atoms with Crippen LogP contribution in [0.5, 0.6) is 0 Å². The van der Waals surface area contributed by atoms with Crippen LogP contribution >= 0.6 is 11.7 Å². The third-order valence-corrected chi connectivity index (χ3v) is 3.71. The van der Waals surface area contributed by atoms with E-state index in [1.54, 1.807) is 0 Å². The van der Waals surface area contributed by atoms with Crippen molar-refractivity contribution in [3.8, 4) is 0 Å². The van der Waals surface area contributed by atoms with Crippen molar-refractivity contribution in [1.82, 2.24) is 8.75 Å². The molecule has 6 nitrogen and oxygen atoms in total. The van der Waals surface area contributed by atoms with Gasteiger partial charge in [-0.3, -0.25) is 4.79 Å². The minimum absolute atomic E-state index is 0.0115. The van der Waals surface area contributed by atoms with Crippen molar-refractivity contribution in [2.75, 3.05) is 38.2 Å². The van der Waals surface area contributed by atoms with Gasteiger partial charge in [0, 0.05) is 0 Å². The molecule has 7 heteroatoms. The lowest BCUT2D eigenvalue weighted by Crippen LogP contribution is -3.15. The SMILES string of the molecule is O=C(C[NH+]1CCOCC1)Nc1cccc2nsnc12. The molecule has 0 bridgehead atoms. The Morgan fingerprint density at radius 3 is 3.05 bits per heavy atom. The van der Waals surface area contributed by atoms with E-state index in [9.17, 15) is 4.79 Å². The number of amides is 1. The van der Waals surface area contributed by atoms with Crippen molar-refractivity contribution in [2.45, 2.75) is 0 Å². The first-order valence-electron chi connectivity index (χ1n) is 6.25. The predicted octanol–water partition coefficient (Wildman–Crippen LogP) is -0.455. The maximum Gasteiger partial charge on any atom is 0.279 e. The highest BCUT2D eigenvalue weighted by Gasteiger charge is 2.18. The van der Waals surface area contributed by atoms with Gasteiger partial charge in [0.25, 0.3) is 5.91 Å². The average molecular weight is 279 g/mol. The van der Waals surface area contributed by atoms with Gasteiger partial charge in [-0.1, -0.05) is 6.07 Å². The Morgan fingerprint density at radius 2 is 2.21 bits per heavy atom. The molecule has 100 valence electrons. The van der Waals surface area contributed by atoms with Crippen LogP contribution in [0.1, 0.15) is 0 Å². The van der Waals surface area contributed by atoms with Crippen LogP contribution in [0.25, 0.3) is 11.0 Å². The van der Waals surface area contributed by atoms with Crippen molar-refractivity contribution in [1.29, 1.82) is 0 Å². The molecule has 1 fully saturated rings. The van der Waals surface area contributed by atoms with Gasteiger partial charge in [-0.2, -0.15) is 8.75 Å². The Kier molecular flexibility index (Phi) is 3.67. The van der Waals surface area contributed by atoms with Gasteiger partial charge in [0.05, 0.1) is 30.6 Å². The molecule has 1 aromatic carbocycles. The molecule has 0 radical (unpaired) electrons. The lowest BCUT2D eigenvalue weighted by molar-refractivity contribution is -0.899. The number of carbonyl (C=O) groups excluding carboxylic acids is 1. The van der Waals surface area contributed by atoms with E-state index in [1.165, 1.54) is 4.90 Å². The summed E-state index contributed by atoms with van der Waals surface area (Å²) in [4.78, 5) is 13.3. The first-order chi connectivity index (χ1) is 9.33. The Labute approximate surface area is 114 Å². The van der Waals surface area contributed by atoms with E-state index in [4.69, 9.17) is 4.74 Å². The van der Waals surface area contributed by atoms with Crippen molar-refractivity contribution in [3.63, 3.8) is 0 Å². The molecule has 0 spiro atoms. The van der Waals surface area contributed by atoms with Crippen LogP contribution in [0.2, 0.25) is 0 Å². The third-order valence-electron chi connectivity index (χ3n) is 3.17. The molecule has 0 unspecified atom stereocenters. The summed E-state index contributed by atoms with van der Waals surface area (Å²) in [5.74, 6) is 0.0115. The summed E-state index contributed by atoms with van der Waals surface area (Å²) < 4.78 is 13.6. The molecule has 3 rings (SSSR count). The second kappa shape index (κ2) is 5.60. The van der Waals surface area contributed by atoms with Crippen LogP contribution in [0.3, 0.4) is 0 Å². The minimum atomic E-state index is 0.0115. The van der Waals surface area contributed by atoms with E-state index in [2.05, 4.69) is 14.1 Å². The zero-order valence-corrected chi connectivity index (χ0v) is 11.2. The molecular weight excluding hydrogens is 264 g/mol. The molecule has 0 aliphatic carbocycles. The number of hydrogen-bond acceptors (Lipinski definition) is 5. The van der Waals surface area contributed by atoms with Crippen LogP contribution in [0, 0.1) is 0 Å². The molecule has 2 N–H and O–H groups in total. The highest BCUT2D eigenvalue weighted by molar-refractivity contribution is 7.00. The fourth-order valence-corrected chi connectivity index (χ4v) is 2.71. The van der Waals surface area contributed by atoms with Crippen LogP contribution in [-0.2, 0) is 9.53 Å². The molecule has 1 aliphatic heterocycles. The largest absolute Gasteiger partial charge is 0.370 e. The van der Waals surface area contributed by atoms with Crippen molar-refractivity contribution in [3.05, 3.63) is 18.2 Å². The Hall–Kier alpha value is -1.57. The quantitative estimate of drug-likeness (QED) is 0.798. The van der Waals surface area contributed by atoms with Gasteiger partial charge in [0.15, 0.2) is 6.54 Å². The van der Waals surface area contributed by atoms with Crippen LogP contribution in [0.4, 0.5) is 5.69 Å². The highest BCUT2D eigenvalue weighted by atomic mass is 32.1. The molecule has 2 aromatic rings. The van der Waals surface area contributed by atoms with Crippen LogP contribution < -0.4 is 10.2 Å². The van der Waals surface area contributed by atoms with Crippen molar-refractivity contribution < 1.29 is 14.4 Å². The number of anilines is 1. The smallest absolute Gasteiger partial charge is 0.279 e. The molecule has 1 aliphatic rings. The number of morpholine rings is 1. The predicted molar refractivity (Wildman–Crippen MR) is 72.4 cm³/mol. The number of rotatable bonds is 3. The Balaban J connectivity index is 1.67. The van der Waals surface area contributed by atoms with Gasteiger partial charge in [0.1, 0.15) is 24.1 Å². The zero-order chi connectivity index (χ0) is 13.1. The molecule has 19 heavy (non-hydrogen) atoms. The van der Waals surface area contributed by atoms with Gasteiger partial charge >= 0.3 is 0 Å². The van der Waals surface area contributed by atoms with Gasteiger partial charge in [-0.25, -0.2) is 0 Å². The summed E-state index contributed by atoms with van der Waals surface area (Å²) >= 11 is 1.16. The maximum atomic E-state index is 12.0. The maximum absolute atomic E-state index is 12.0. The van der Waals surface area contributed by atoms with E-state index < -0.39 is 0 Å². The lowest BCUT2D eigenvalue weighted by Gasteiger charge is -2.23. The molecule has 0 atom stereocenters. The molecule has 0 saturated carbocycles. The van der Waals surface area contributed by atoms with E-state index in [-0.39, 0.29) is 5.91 Å². The van der Waals surface area contributed by atoms with Gasteiger partial charge < -0.3 is 15.0 Å². The summed E-state index contributed by atoms with van der Waals surface area (Å²) in [6, 6.07) is 5.62. The molecule has 1 saturated heterocycles. The number of aromatic nitrogens is 2. The number of hydrogen-bond donors (Lipinski definition) is 2. The summed E-state index contributed by atoms with van der Waals surface area (Å²) in [7, 11) is 0. The number of nitrogens with one attached hydrogen (secondary N) is 2. The number of carbonyl (C=O) groups is 1. The minimum Gasteiger partial charge on any atom is -0.370 e. The molecule has 1 amide bonds. The van der Waals surface area contributed by atoms with Gasteiger partial charge in [0.2, 0.25) is 0 Å². The average Bonchev–Trinajstić information content (AvgIpc) is 2.89. The number of ether oxygens (including phenoxy) is 1. The van der Waals surface area contributed by atoms with Crippen LogP contribution in [-0.4, -0.2) is 47.5 Å². The molecule has 2 heterocycles. The summed E-state index contributed by atoms with van der Waals surface area (Å²) in [5.41, 5.74) is 2.32. The van der Waals surface area contributed by atoms with Gasteiger partial charge in [-0.15, -0.1) is 0 Å². The highest BCUT2D eigenvalue weighted by Crippen LogP contribution is 2.20. The lowest BCUT2D eigenvalue weighted by atomic mass is 10.2. The number of benzene rings is 1. The monoisotopic (exact) mass is 279 g/mol. The summed E-state index contributed by atoms with van der Waals surface area (Å²) in [6.45, 7) is 3.70. The topological polar surface area (TPSA) is 68.6 Å². The zero-order valence-electron chi connectivity index (χ0n) is 10.4. The Morgan fingerprint density at radius 1 is 1.37 bits per heavy atom. The van der Waals surface area contributed by atoms with E-state index >= 15 is 0 Å². The summed E-state index contributed by atoms with van der Waals surface area (Å²) in [5, 5.41) is 2.92. The molecular formula is C12H15N4O2S+. The third kappa shape index (κ3) is 2.89. The fraction of sp³-hybridized carbons (Fsp3) is 0.417. The standard InChI is InChI=1S/C12H14N4O2S/c17-11(8-16-4-6-18-7-5-16)13-9-2-1-3-10-12(9)15-19-14-10/h1-3H,4-8H2,(H,13,17)/p+1. The Bertz CT molecular complexity index is 580. The fourth-order valence-electron chi connectivity index (χ4n) is 2.17. The summed E-state index contributed by atoms with van der Waals surface area (Å²) in [6.07, 6.45) is 0. The number of quaternary nitrogens is 1. The second-order valence-corrected chi connectivity index (χ2v) is 5.05. The normalized spacial score (nSPS) is 16.6. The molecule has 1 aromatic heterocycles. The number of nitrogens with zero attached hydrogens (tertiary/aromatic N) is 2. The van der Waals surface area contributed by atoms with E-state index in [0.717, 1.165) is 54.8 Å².